The van der Waals surface area contributed by atoms with Crippen LogP contribution in [0.2, 0.25) is 0 Å². The van der Waals surface area contributed by atoms with Gasteiger partial charge in [-0.2, -0.15) is 0 Å². The summed E-state index contributed by atoms with van der Waals surface area (Å²) in [7, 11) is 1.93. The fourth-order valence-corrected chi connectivity index (χ4v) is 2.65. The van der Waals surface area contributed by atoms with Crippen molar-refractivity contribution in [1.82, 2.24) is 5.32 Å². The van der Waals surface area contributed by atoms with Crippen molar-refractivity contribution in [3.8, 4) is 0 Å². The standard InChI is InChI=1S/C17H28FN/c1-5-7-10-14(6-2)12-16(19-4)15-11-8-9-13(3)17(15)18/h8-9,11,14,16,19H,5-7,10,12H2,1-4H3. The van der Waals surface area contributed by atoms with Crippen molar-refractivity contribution < 1.29 is 4.39 Å². The molecule has 0 heterocycles. The summed E-state index contributed by atoms with van der Waals surface area (Å²) in [6.07, 6.45) is 5.95. The van der Waals surface area contributed by atoms with E-state index in [4.69, 9.17) is 0 Å². The summed E-state index contributed by atoms with van der Waals surface area (Å²) in [5.41, 5.74) is 1.55. The van der Waals surface area contributed by atoms with Gasteiger partial charge in [0, 0.05) is 11.6 Å². The van der Waals surface area contributed by atoms with E-state index in [2.05, 4.69) is 19.2 Å². The maximum atomic E-state index is 14.2. The van der Waals surface area contributed by atoms with Crippen LogP contribution in [0.4, 0.5) is 4.39 Å². The molecule has 1 N–H and O–H groups in total. The van der Waals surface area contributed by atoms with Crippen molar-refractivity contribution in [1.29, 1.82) is 0 Å². The van der Waals surface area contributed by atoms with Crippen LogP contribution in [0.15, 0.2) is 18.2 Å². The molecule has 0 fully saturated rings. The van der Waals surface area contributed by atoms with Crippen LogP contribution in [0.25, 0.3) is 0 Å². The Kier molecular flexibility index (Phi) is 7.07. The molecule has 2 unspecified atom stereocenters. The molecule has 108 valence electrons. The molecule has 0 saturated heterocycles. The zero-order valence-electron chi connectivity index (χ0n) is 12.8. The summed E-state index contributed by atoms with van der Waals surface area (Å²) in [5, 5.41) is 3.29. The monoisotopic (exact) mass is 265 g/mol. The Morgan fingerprint density at radius 1 is 1.26 bits per heavy atom. The SMILES string of the molecule is CCCCC(CC)CC(NC)c1cccc(C)c1F. The van der Waals surface area contributed by atoms with E-state index in [0.29, 0.717) is 5.92 Å². The van der Waals surface area contributed by atoms with E-state index < -0.39 is 0 Å². The molecule has 0 bridgehead atoms. The van der Waals surface area contributed by atoms with Gasteiger partial charge in [0.25, 0.3) is 0 Å². The first-order valence-electron chi connectivity index (χ1n) is 7.56. The van der Waals surface area contributed by atoms with Crippen LogP contribution in [-0.2, 0) is 0 Å². The average molecular weight is 265 g/mol. The van der Waals surface area contributed by atoms with Crippen LogP contribution in [0, 0.1) is 18.7 Å². The topological polar surface area (TPSA) is 12.0 Å². The Balaban J connectivity index is 2.79. The number of rotatable bonds is 8. The predicted molar refractivity (Wildman–Crippen MR) is 80.9 cm³/mol. The minimum Gasteiger partial charge on any atom is -0.313 e. The van der Waals surface area contributed by atoms with Gasteiger partial charge in [-0.05, 0) is 31.9 Å². The fourth-order valence-electron chi connectivity index (χ4n) is 2.65. The zero-order valence-corrected chi connectivity index (χ0v) is 12.8. The molecule has 0 radical (unpaired) electrons. The number of unbranched alkanes of at least 4 members (excludes halogenated alkanes) is 1. The van der Waals surface area contributed by atoms with Crippen molar-refractivity contribution in [3.63, 3.8) is 0 Å². The van der Waals surface area contributed by atoms with Crippen molar-refractivity contribution in [3.05, 3.63) is 35.1 Å². The van der Waals surface area contributed by atoms with Gasteiger partial charge < -0.3 is 5.32 Å². The molecule has 2 heteroatoms. The van der Waals surface area contributed by atoms with Gasteiger partial charge in [-0.15, -0.1) is 0 Å². The third-order valence-electron chi connectivity index (χ3n) is 4.06. The number of benzene rings is 1. The summed E-state index contributed by atoms with van der Waals surface area (Å²) in [5.74, 6) is 0.629. The summed E-state index contributed by atoms with van der Waals surface area (Å²) in [6, 6.07) is 5.82. The molecule has 1 aromatic rings. The Bertz CT molecular complexity index is 376. The second-order valence-electron chi connectivity index (χ2n) is 5.47. The van der Waals surface area contributed by atoms with E-state index >= 15 is 0 Å². The first-order valence-corrected chi connectivity index (χ1v) is 7.56. The summed E-state index contributed by atoms with van der Waals surface area (Å²) < 4.78 is 14.2. The van der Waals surface area contributed by atoms with Gasteiger partial charge in [-0.1, -0.05) is 57.7 Å². The Labute approximate surface area is 117 Å². The lowest BCUT2D eigenvalue weighted by Crippen LogP contribution is -2.21. The molecule has 1 aromatic carbocycles. The molecule has 19 heavy (non-hydrogen) atoms. The van der Waals surface area contributed by atoms with Crippen molar-refractivity contribution in [2.75, 3.05) is 7.05 Å². The summed E-state index contributed by atoms with van der Waals surface area (Å²) in [6.45, 7) is 6.29. The number of hydrogen-bond acceptors (Lipinski definition) is 1. The second kappa shape index (κ2) is 8.31. The predicted octanol–water partition coefficient (Wildman–Crippen LogP) is 5.00. The van der Waals surface area contributed by atoms with Crippen molar-refractivity contribution in [2.24, 2.45) is 5.92 Å². The smallest absolute Gasteiger partial charge is 0.130 e. The molecular weight excluding hydrogens is 237 g/mol. The molecule has 0 aliphatic carbocycles. The third-order valence-corrected chi connectivity index (χ3v) is 4.06. The van der Waals surface area contributed by atoms with Crippen LogP contribution >= 0.6 is 0 Å². The number of halogens is 1. The van der Waals surface area contributed by atoms with Crippen LogP contribution in [0.3, 0.4) is 0 Å². The lowest BCUT2D eigenvalue weighted by atomic mass is 9.88. The highest BCUT2D eigenvalue weighted by Gasteiger charge is 2.19. The van der Waals surface area contributed by atoms with Crippen LogP contribution in [0.1, 0.15) is 63.1 Å². The first-order chi connectivity index (χ1) is 9.13. The summed E-state index contributed by atoms with van der Waals surface area (Å²) >= 11 is 0. The van der Waals surface area contributed by atoms with E-state index in [9.17, 15) is 4.39 Å². The molecule has 0 amide bonds. The lowest BCUT2D eigenvalue weighted by Gasteiger charge is -2.23. The van der Waals surface area contributed by atoms with Gasteiger partial charge in [-0.25, -0.2) is 4.39 Å². The van der Waals surface area contributed by atoms with Gasteiger partial charge in [-0.3, -0.25) is 0 Å². The van der Waals surface area contributed by atoms with Crippen LogP contribution in [0.5, 0.6) is 0 Å². The molecule has 2 atom stereocenters. The number of hydrogen-bond donors (Lipinski definition) is 1. The highest BCUT2D eigenvalue weighted by molar-refractivity contribution is 5.27. The third kappa shape index (κ3) is 4.61. The molecule has 1 nitrogen and oxygen atoms in total. The fraction of sp³-hybridized carbons (Fsp3) is 0.647. The van der Waals surface area contributed by atoms with Gasteiger partial charge in [0.1, 0.15) is 5.82 Å². The summed E-state index contributed by atoms with van der Waals surface area (Å²) in [4.78, 5) is 0. The quantitative estimate of drug-likeness (QED) is 0.697. The molecule has 0 aliphatic rings. The van der Waals surface area contributed by atoms with Gasteiger partial charge in [0.05, 0.1) is 0 Å². The van der Waals surface area contributed by atoms with E-state index in [-0.39, 0.29) is 11.9 Å². The van der Waals surface area contributed by atoms with Crippen LogP contribution < -0.4 is 5.32 Å². The number of nitrogens with one attached hydrogen (secondary N) is 1. The highest BCUT2D eigenvalue weighted by Crippen LogP contribution is 2.28. The molecule has 0 aliphatic heterocycles. The van der Waals surface area contributed by atoms with Gasteiger partial charge in [0.15, 0.2) is 0 Å². The average Bonchev–Trinajstić information content (AvgIpc) is 2.43. The Morgan fingerprint density at radius 2 is 2.00 bits per heavy atom. The van der Waals surface area contributed by atoms with E-state index in [1.165, 1.54) is 25.7 Å². The molecule has 0 saturated carbocycles. The zero-order chi connectivity index (χ0) is 14.3. The lowest BCUT2D eigenvalue weighted by molar-refractivity contribution is 0.358. The maximum Gasteiger partial charge on any atom is 0.130 e. The molecule has 0 aromatic heterocycles. The van der Waals surface area contributed by atoms with Crippen LogP contribution in [-0.4, -0.2) is 7.05 Å². The Hall–Kier alpha value is -0.890. The second-order valence-corrected chi connectivity index (χ2v) is 5.47. The van der Waals surface area contributed by atoms with E-state index in [1.807, 2.05) is 32.2 Å². The minimum atomic E-state index is -0.0489. The normalized spacial score (nSPS) is 14.4. The van der Waals surface area contributed by atoms with Crippen molar-refractivity contribution >= 4 is 0 Å². The van der Waals surface area contributed by atoms with Gasteiger partial charge >= 0.3 is 0 Å². The van der Waals surface area contributed by atoms with E-state index in [1.54, 1.807) is 0 Å². The minimum absolute atomic E-state index is 0.0489. The first kappa shape index (κ1) is 16.2. The largest absolute Gasteiger partial charge is 0.313 e. The maximum absolute atomic E-state index is 14.2. The highest BCUT2D eigenvalue weighted by atomic mass is 19.1. The number of aryl methyl sites for hydroxylation is 1. The molecular formula is C17H28FN. The molecule has 0 spiro atoms. The Morgan fingerprint density at radius 3 is 2.58 bits per heavy atom. The van der Waals surface area contributed by atoms with Gasteiger partial charge in [0.2, 0.25) is 0 Å². The van der Waals surface area contributed by atoms with Crippen molar-refractivity contribution in [2.45, 2.75) is 58.9 Å². The van der Waals surface area contributed by atoms with E-state index in [0.717, 1.165) is 17.5 Å². The molecule has 1 rings (SSSR count).